The Hall–Kier alpha value is -0.772. The summed E-state index contributed by atoms with van der Waals surface area (Å²) in [4.78, 5) is 25.1. The standard InChI is InChI=1S/C19H44N2O6Si4/c1-12-20-19(24)21(16-17(2)18(22)23)14-13-15-31(25-28(3,4)5,26-29(6,7)8)27-30(9,10)11/h16H,12-15H2,1-11H3,(H,20,24)(H,22,23). The van der Waals surface area contributed by atoms with E-state index in [4.69, 9.17) is 12.3 Å². The highest BCUT2D eigenvalue weighted by Crippen LogP contribution is 2.30. The van der Waals surface area contributed by atoms with Gasteiger partial charge in [-0.25, -0.2) is 9.59 Å². The Morgan fingerprint density at radius 3 is 1.65 bits per heavy atom. The molecule has 0 rings (SSSR count). The molecule has 0 spiro atoms. The van der Waals surface area contributed by atoms with Gasteiger partial charge >= 0.3 is 20.8 Å². The molecule has 2 N–H and O–H groups in total. The minimum absolute atomic E-state index is 0.102. The van der Waals surface area contributed by atoms with E-state index in [1.807, 2.05) is 6.92 Å². The summed E-state index contributed by atoms with van der Waals surface area (Å²) in [6, 6.07) is 0.264. The first-order chi connectivity index (χ1) is 13.8. The Morgan fingerprint density at radius 1 is 0.903 bits per heavy atom. The van der Waals surface area contributed by atoms with E-state index >= 15 is 0 Å². The SMILES string of the molecule is CCNC(=O)N(C=C(C)C(=O)O)CCC[Si](O[Si](C)(C)C)(O[Si](C)(C)C)O[Si](C)(C)C. The van der Waals surface area contributed by atoms with Gasteiger partial charge in [0.2, 0.25) is 0 Å². The van der Waals surface area contributed by atoms with Crippen LogP contribution < -0.4 is 5.32 Å². The zero-order chi connectivity index (χ0) is 24.7. The van der Waals surface area contributed by atoms with E-state index < -0.39 is 39.7 Å². The van der Waals surface area contributed by atoms with Gasteiger partial charge in [-0.05, 0) is 79.2 Å². The number of carboxylic acid groups (broad SMARTS) is 1. The lowest BCUT2D eigenvalue weighted by atomic mass is 10.3. The molecule has 0 aliphatic heterocycles. The number of carbonyl (C=O) groups is 2. The maximum absolute atomic E-state index is 12.5. The molecule has 0 fully saturated rings. The zero-order valence-corrected chi connectivity index (χ0v) is 25.3. The lowest BCUT2D eigenvalue weighted by Crippen LogP contribution is -2.60. The van der Waals surface area contributed by atoms with Crippen LogP contribution in [0.1, 0.15) is 20.3 Å². The van der Waals surface area contributed by atoms with Crippen molar-refractivity contribution in [3.63, 3.8) is 0 Å². The predicted molar refractivity (Wildman–Crippen MR) is 136 cm³/mol. The lowest BCUT2D eigenvalue weighted by molar-refractivity contribution is -0.132. The van der Waals surface area contributed by atoms with Crippen LogP contribution >= 0.6 is 0 Å². The Labute approximate surface area is 193 Å². The summed E-state index contributed by atoms with van der Waals surface area (Å²) in [6.45, 7) is 23.3. The molecule has 0 saturated carbocycles. The second-order valence-corrected chi connectivity index (χ2v) is 27.6. The van der Waals surface area contributed by atoms with Crippen molar-refractivity contribution in [3.8, 4) is 0 Å². The van der Waals surface area contributed by atoms with Crippen molar-refractivity contribution in [2.75, 3.05) is 13.1 Å². The average molecular weight is 509 g/mol. The molecule has 2 amide bonds. The third kappa shape index (κ3) is 14.1. The van der Waals surface area contributed by atoms with Crippen LogP contribution in [-0.4, -0.2) is 68.9 Å². The minimum Gasteiger partial charge on any atom is -0.478 e. The van der Waals surface area contributed by atoms with Crippen molar-refractivity contribution in [1.82, 2.24) is 10.2 Å². The summed E-state index contributed by atoms with van der Waals surface area (Å²) in [7, 11) is -8.91. The van der Waals surface area contributed by atoms with Gasteiger partial charge < -0.3 is 27.7 Å². The molecule has 0 bridgehead atoms. The van der Waals surface area contributed by atoms with E-state index in [1.54, 1.807) is 0 Å². The smallest absolute Gasteiger partial charge is 0.469 e. The van der Waals surface area contributed by atoms with Crippen molar-refractivity contribution in [3.05, 3.63) is 11.8 Å². The van der Waals surface area contributed by atoms with E-state index in [0.29, 0.717) is 25.6 Å². The molecule has 8 nitrogen and oxygen atoms in total. The Bertz CT molecular complexity index is 598. The molecule has 0 aromatic carbocycles. The van der Waals surface area contributed by atoms with Gasteiger partial charge in [0.1, 0.15) is 0 Å². The van der Waals surface area contributed by atoms with Crippen molar-refractivity contribution >= 4 is 45.8 Å². The summed E-state index contributed by atoms with van der Waals surface area (Å²) < 4.78 is 20.0. The van der Waals surface area contributed by atoms with E-state index in [1.165, 1.54) is 18.0 Å². The van der Waals surface area contributed by atoms with Gasteiger partial charge in [-0.3, -0.25) is 0 Å². The molecular formula is C19H44N2O6Si4. The molecule has 12 heteroatoms. The quantitative estimate of drug-likeness (QED) is 0.271. The average Bonchev–Trinajstić information content (AvgIpc) is 2.48. The van der Waals surface area contributed by atoms with Crippen molar-refractivity contribution < 1.29 is 27.0 Å². The molecule has 0 aliphatic rings. The Kier molecular flexibility index (Phi) is 11.6. The van der Waals surface area contributed by atoms with Crippen LogP contribution in [0.15, 0.2) is 11.8 Å². The number of carbonyl (C=O) groups excluding carboxylic acids is 1. The monoisotopic (exact) mass is 508 g/mol. The van der Waals surface area contributed by atoms with Crippen molar-refractivity contribution in [2.45, 2.75) is 85.2 Å². The third-order valence-corrected chi connectivity index (χ3v) is 15.6. The molecule has 0 unspecified atom stereocenters. The molecule has 0 atom stereocenters. The third-order valence-electron chi connectivity index (χ3n) is 3.54. The number of carboxylic acids is 1. The summed E-state index contributed by atoms with van der Waals surface area (Å²) in [5, 5.41) is 12.0. The van der Waals surface area contributed by atoms with E-state index in [9.17, 15) is 14.7 Å². The molecule has 182 valence electrons. The zero-order valence-electron chi connectivity index (χ0n) is 21.3. The fraction of sp³-hybridized carbons (Fsp3) is 0.789. The number of urea groups is 1. The molecule has 0 heterocycles. The molecular weight excluding hydrogens is 465 g/mol. The van der Waals surface area contributed by atoms with Crippen molar-refractivity contribution in [1.29, 1.82) is 0 Å². The fourth-order valence-corrected chi connectivity index (χ4v) is 17.5. The lowest BCUT2D eigenvalue weighted by Gasteiger charge is -2.43. The minimum atomic E-state index is -2.99. The van der Waals surface area contributed by atoms with E-state index in [0.717, 1.165) is 0 Å². The summed E-state index contributed by atoms with van der Waals surface area (Å²) in [5.74, 6) is -1.05. The molecule has 0 saturated heterocycles. The Balaban J connectivity index is 5.81. The van der Waals surface area contributed by atoms with Gasteiger partial charge in [0, 0.05) is 25.3 Å². The van der Waals surface area contributed by atoms with Crippen LogP contribution in [0.2, 0.25) is 65.0 Å². The number of nitrogens with one attached hydrogen (secondary N) is 1. The van der Waals surface area contributed by atoms with Crippen LogP contribution in [-0.2, 0) is 17.1 Å². The van der Waals surface area contributed by atoms with E-state index in [-0.39, 0.29) is 11.6 Å². The van der Waals surface area contributed by atoms with Crippen LogP contribution in [0.25, 0.3) is 0 Å². The normalized spacial score (nSPS) is 13.8. The first-order valence-electron chi connectivity index (χ1n) is 10.9. The fourth-order valence-electron chi connectivity index (χ4n) is 2.85. The van der Waals surface area contributed by atoms with Crippen LogP contribution in [0.5, 0.6) is 0 Å². The van der Waals surface area contributed by atoms with Crippen LogP contribution in [0, 0.1) is 0 Å². The second-order valence-electron chi connectivity index (χ2n) is 10.6. The number of amides is 2. The first kappa shape index (κ1) is 30.2. The maximum Gasteiger partial charge on any atom is 0.469 e. The van der Waals surface area contributed by atoms with E-state index in [2.05, 4.69) is 64.2 Å². The molecule has 0 radical (unpaired) electrons. The number of hydrogen-bond donors (Lipinski definition) is 2. The second kappa shape index (κ2) is 11.9. The topological polar surface area (TPSA) is 97.3 Å². The van der Waals surface area contributed by atoms with Gasteiger partial charge in [-0.2, -0.15) is 0 Å². The van der Waals surface area contributed by atoms with Gasteiger partial charge in [0.05, 0.1) is 5.57 Å². The number of aliphatic carboxylic acids is 1. The first-order valence-corrected chi connectivity index (χ1v) is 23.0. The molecule has 0 aromatic rings. The van der Waals surface area contributed by atoms with Crippen molar-refractivity contribution in [2.24, 2.45) is 0 Å². The summed E-state index contributed by atoms with van der Waals surface area (Å²) >= 11 is 0. The summed E-state index contributed by atoms with van der Waals surface area (Å²) in [6.07, 6.45) is 1.97. The number of hydrogen-bond acceptors (Lipinski definition) is 5. The Morgan fingerprint density at radius 2 is 1.32 bits per heavy atom. The van der Waals surface area contributed by atoms with Crippen LogP contribution in [0.3, 0.4) is 0 Å². The van der Waals surface area contributed by atoms with Gasteiger partial charge in [0.15, 0.2) is 25.0 Å². The highest BCUT2D eigenvalue weighted by atomic mass is 28.5. The highest BCUT2D eigenvalue weighted by molar-refractivity contribution is 6.90. The number of nitrogens with zero attached hydrogens (tertiary/aromatic N) is 1. The maximum atomic E-state index is 12.5. The predicted octanol–water partition coefficient (Wildman–Crippen LogP) is 4.89. The van der Waals surface area contributed by atoms with Crippen LogP contribution in [0.4, 0.5) is 4.79 Å². The molecule has 0 aliphatic carbocycles. The molecule has 0 aromatic heterocycles. The van der Waals surface area contributed by atoms with Gasteiger partial charge in [0.25, 0.3) is 0 Å². The highest BCUT2D eigenvalue weighted by Gasteiger charge is 2.49. The number of rotatable bonds is 13. The van der Waals surface area contributed by atoms with Gasteiger partial charge in [-0.1, -0.05) is 0 Å². The molecule has 31 heavy (non-hydrogen) atoms. The summed E-state index contributed by atoms with van der Waals surface area (Å²) in [5.41, 5.74) is 0.102. The van der Waals surface area contributed by atoms with Gasteiger partial charge in [-0.15, -0.1) is 0 Å². The largest absolute Gasteiger partial charge is 0.478 e.